The van der Waals surface area contributed by atoms with Gasteiger partial charge >= 0.3 is 0 Å². The lowest BCUT2D eigenvalue weighted by Gasteiger charge is -2.11. The Labute approximate surface area is 162 Å². The van der Waals surface area contributed by atoms with E-state index < -0.39 is 0 Å². The van der Waals surface area contributed by atoms with Crippen LogP contribution in [0.25, 0.3) is 22.2 Å². The monoisotopic (exact) mass is 372 g/mol. The fourth-order valence-electron chi connectivity index (χ4n) is 3.24. The molecule has 0 spiro atoms. The Morgan fingerprint density at radius 3 is 2.71 bits per heavy atom. The molecule has 0 unspecified atom stereocenters. The Bertz CT molecular complexity index is 1230. The molecule has 6 heteroatoms. The summed E-state index contributed by atoms with van der Waals surface area (Å²) in [6.45, 7) is 4.05. The van der Waals surface area contributed by atoms with Gasteiger partial charge in [0.2, 0.25) is 5.95 Å². The van der Waals surface area contributed by atoms with Crippen molar-refractivity contribution >= 4 is 22.7 Å². The first kappa shape index (κ1) is 17.7. The van der Waals surface area contributed by atoms with Crippen LogP contribution in [0.15, 0.2) is 59.5 Å². The smallest absolute Gasteiger partial charge is 0.262 e. The number of ether oxygens (including phenoxy) is 1. The second-order valence-corrected chi connectivity index (χ2v) is 6.65. The standard InChI is InChI=1S/C22H20N4O2/c1-13-7-8-18(14(2)11-13)24-22-25-20-19(21(27)26-22)17(9-10-23-20)15-5-4-6-16(12-15)28-3/h4-12H,1-3H3,(H2,23,24,25,26,27). The summed E-state index contributed by atoms with van der Waals surface area (Å²) in [5.41, 5.74) is 4.90. The second kappa shape index (κ2) is 7.15. The summed E-state index contributed by atoms with van der Waals surface area (Å²) in [7, 11) is 1.61. The van der Waals surface area contributed by atoms with Crippen LogP contribution in [0.1, 0.15) is 11.1 Å². The average Bonchev–Trinajstić information content (AvgIpc) is 2.69. The highest BCUT2D eigenvalue weighted by atomic mass is 16.5. The van der Waals surface area contributed by atoms with Crippen molar-refractivity contribution in [1.29, 1.82) is 0 Å². The van der Waals surface area contributed by atoms with Gasteiger partial charge in [-0.2, -0.15) is 4.98 Å². The molecule has 0 amide bonds. The van der Waals surface area contributed by atoms with Crippen molar-refractivity contribution in [3.05, 3.63) is 76.2 Å². The number of benzene rings is 2. The molecule has 4 aromatic rings. The van der Waals surface area contributed by atoms with Crippen LogP contribution >= 0.6 is 0 Å². The summed E-state index contributed by atoms with van der Waals surface area (Å²) in [4.78, 5) is 24.5. The van der Waals surface area contributed by atoms with Gasteiger partial charge in [0.15, 0.2) is 5.65 Å². The lowest BCUT2D eigenvalue weighted by molar-refractivity contribution is 0.415. The van der Waals surface area contributed by atoms with E-state index in [0.29, 0.717) is 17.0 Å². The van der Waals surface area contributed by atoms with E-state index in [9.17, 15) is 4.79 Å². The molecule has 0 bridgehead atoms. The lowest BCUT2D eigenvalue weighted by atomic mass is 10.0. The van der Waals surface area contributed by atoms with E-state index in [1.807, 2.05) is 56.3 Å². The zero-order chi connectivity index (χ0) is 19.7. The van der Waals surface area contributed by atoms with Crippen LogP contribution in [0.5, 0.6) is 5.75 Å². The van der Waals surface area contributed by atoms with E-state index in [1.165, 1.54) is 5.56 Å². The normalized spacial score (nSPS) is 10.8. The predicted octanol–water partition coefficient (Wildman–Crippen LogP) is 4.35. The number of pyridine rings is 1. The van der Waals surface area contributed by atoms with Crippen LogP contribution in [0.4, 0.5) is 11.6 Å². The summed E-state index contributed by atoms with van der Waals surface area (Å²) in [6.07, 6.45) is 1.66. The molecule has 28 heavy (non-hydrogen) atoms. The molecule has 2 aromatic carbocycles. The third-order valence-corrected chi connectivity index (χ3v) is 4.62. The molecule has 0 atom stereocenters. The number of hydrogen-bond acceptors (Lipinski definition) is 5. The zero-order valence-electron chi connectivity index (χ0n) is 15.9. The van der Waals surface area contributed by atoms with Crippen molar-refractivity contribution in [2.75, 3.05) is 12.4 Å². The Morgan fingerprint density at radius 2 is 1.93 bits per heavy atom. The number of H-pyrrole nitrogens is 1. The maximum Gasteiger partial charge on any atom is 0.262 e. The molecule has 0 radical (unpaired) electrons. The predicted molar refractivity (Wildman–Crippen MR) is 111 cm³/mol. The average molecular weight is 372 g/mol. The van der Waals surface area contributed by atoms with Gasteiger partial charge in [-0.15, -0.1) is 0 Å². The molecular formula is C22H20N4O2. The summed E-state index contributed by atoms with van der Waals surface area (Å²) in [5, 5.41) is 3.63. The molecule has 0 aliphatic carbocycles. The van der Waals surface area contributed by atoms with E-state index in [0.717, 1.165) is 28.1 Å². The van der Waals surface area contributed by atoms with Crippen molar-refractivity contribution in [1.82, 2.24) is 15.0 Å². The molecule has 0 fully saturated rings. The fraction of sp³-hybridized carbons (Fsp3) is 0.136. The highest BCUT2D eigenvalue weighted by molar-refractivity contribution is 5.92. The summed E-state index contributed by atoms with van der Waals surface area (Å²) in [6, 6.07) is 15.4. The molecule has 4 rings (SSSR count). The number of nitrogens with zero attached hydrogens (tertiary/aromatic N) is 2. The largest absolute Gasteiger partial charge is 0.497 e. The van der Waals surface area contributed by atoms with Crippen LogP contribution in [-0.2, 0) is 0 Å². The van der Waals surface area contributed by atoms with Gasteiger partial charge in [-0.3, -0.25) is 9.78 Å². The number of hydrogen-bond donors (Lipinski definition) is 2. The number of aryl methyl sites for hydroxylation is 2. The molecule has 0 aliphatic rings. The van der Waals surface area contributed by atoms with Gasteiger partial charge in [-0.1, -0.05) is 29.8 Å². The first-order valence-electron chi connectivity index (χ1n) is 8.93. The molecule has 0 saturated heterocycles. The molecule has 0 saturated carbocycles. The van der Waals surface area contributed by atoms with Gasteiger partial charge in [-0.25, -0.2) is 4.98 Å². The van der Waals surface area contributed by atoms with Crippen molar-refractivity contribution in [3.63, 3.8) is 0 Å². The number of aromatic amines is 1. The van der Waals surface area contributed by atoms with E-state index in [-0.39, 0.29) is 5.56 Å². The molecule has 140 valence electrons. The van der Waals surface area contributed by atoms with Crippen molar-refractivity contribution < 1.29 is 4.74 Å². The lowest BCUT2D eigenvalue weighted by Crippen LogP contribution is -2.13. The molecule has 6 nitrogen and oxygen atoms in total. The topological polar surface area (TPSA) is 79.9 Å². The van der Waals surface area contributed by atoms with Crippen LogP contribution in [-0.4, -0.2) is 22.1 Å². The van der Waals surface area contributed by atoms with Crippen LogP contribution in [0.3, 0.4) is 0 Å². The minimum atomic E-state index is -0.247. The quantitative estimate of drug-likeness (QED) is 0.557. The Morgan fingerprint density at radius 1 is 1.07 bits per heavy atom. The minimum Gasteiger partial charge on any atom is -0.497 e. The molecule has 2 heterocycles. The second-order valence-electron chi connectivity index (χ2n) is 6.65. The van der Waals surface area contributed by atoms with Gasteiger partial charge < -0.3 is 10.1 Å². The number of fused-ring (bicyclic) bond motifs is 1. The van der Waals surface area contributed by atoms with Crippen LogP contribution < -0.4 is 15.6 Å². The van der Waals surface area contributed by atoms with Gasteiger partial charge in [0, 0.05) is 11.9 Å². The maximum absolute atomic E-state index is 12.9. The van der Waals surface area contributed by atoms with Crippen molar-refractivity contribution in [2.45, 2.75) is 13.8 Å². The van der Waals surface area contributed by atoms with Gasteiger partial charge in [0.25, 0.3) is 5.56 Å². The van der Waals surface area contributed by atoms with Gasteiger partial charge in [-0.05, 0) is 54.8 Å². The summed E-state index contributed by atoms with van der Waals surface area (Å²) in [5.74, 6) is 1.08. The van der Waals surface area contributed by atoms with E-state index in [2.05, 4.69) is 26.3 Å². The van der Waals surface area contributed by atoms with E-state index >= 15 is 0 Å². The van der Waals surface area contributed by atoms with Gasteiger partial charge in [0.1, 0.15) is 5.75 Å². The molecular weight excluding hydrogens is 352 g/mol. The van der Waals surface area contributed by atoms with Crippen molar-refractivity contribution in [3.8, 4) is 16.9 Å². The van der Waals surface area contributed by atoms with E-state index in [4.69, 9.17) is 4.74 Å². The number of methoxy groups -OCH3 is 1. The number of rotatable bonds is 4. The van der Waals surface area contributed by atoms with E-state index in [1.54, 1.807) is 13.3 Å². The van der Waals surface area contributed by atoms with Gasteiger partial charge in [0.05, 0.1) is 12.5 Å². The fourth-order valence-corrected chi connectivity index (χ4v) is 3.24. The van der Waals surface area contributed by atoms with Crippen molar-refractivity contribution in [2.24, 2.45) is 0 Å². The SMILES string of the molecule is COc1cccc(-c2ccnc3nc(Nc4ccc(C)cc4C)[nH]c(=O)c23)c1. The Hall–Kier alpha value is -3.67. The van der Waals surface area contributed by atoms with Crippen LogP contribution in [0.2, 0.25) is 0 Å². The summed E-state index contributed by atoms with van der Waals surface area (Å²) >= 11 is 0. The molecule has 0 aliphatic heterocycles. The maximum atomic E-state index is 12.9. The molecule has 2 aromatic heterocycles. The third-order valence-electron chi connectivity index (χ3n) is 4.62. The number of aromatic nitrogens is 3. The first-order chi connectivity index (χ1) is 13.5. The van der Waals surface area contributed by atoms with Crippen LogP contribution in [0, 0.1) is 13.8 Å². The zero-order valence-corrected chi connectivity index (χ0v) is 15.9. The number of nitrogens with one attached hydrogen (secondary N) is 2. The minimum absolute atomic E-state index is 0.247. The number of anilines is 2. The highest BCUT2D eigenvalue weighted by Gasteiger charge is 2.12. The Kier molecular flexibility index (Phi) is 4.53. The highest BCUT2D eigenvalue weighted by Crippen LogP contribution is 2.28. The molecule has 2 N–H and O–H groups in total. The Balaban J connectivity index is 1.81. The first-order valence-corrected chi connectivity index (χ1v) is 8.93. The third kappa shape index (κ3) is 3.32. The summed E-state index contributed by atoms with van der Waals surface area (Å²) < 4.78 is 5.30.